The largest absolute Gasteiger partial charge is 0.462 e. The van der Waals surface area contributed by atoms with Gasteiger partial charge >= 0.3 is 0 Å². The second kappa shape index (κ2) is 4.27. The molecule has 2 aromatic heterocycles. The normalized spacial score (nSPS) is 12.1. The van der Waals surface area contributed by atoms with Gasteiger partial charge < -0.3 is 10.2 Å². The molecule has 4 heteroatoms. The van der Waals surface area contributed by atoms with Crippen molar-refractivity contribution in [2.45, 2.75) is 39.7 Å². The van der Waals surface area contributed by atoms with Gasteiger partial charge in [0.05, 0.1) is 12.0 Å². The average Bonchev–Trinajstić information content (AvgIpc) is 2.81. The van der Waals surface area contributed by atoms with E-state index >= 15 is 0 Å². The van der Waals surface area contributed by atoms with Crippen molar-refractivity contribution >= 4 is 11.3 Å². The molecule has 0 fully saturated rings. The minimum Gasteiger partial charge on any atom is -0.462 e. The van der Waals surface area contributed by atoms with Crippen molar-refractivity contribution in [2.75, 3.05) is 0 Å². The molecule has 92 valence electrons. The summed E-state index contributed by atoms with van der Waals surface area (Å²) in [6.45, 7) is 9.02. The van der Waals surface area contributed by atoms with Crippen molar-refractivity contribution in [1.29, 1.82) is 0 Å². The van der Waals surface area contributed by atoms with Crippen molar-refractivity contribution in [2.24, 2.45) is 5.73 Å². The highest BCUT2D eigenvalue weighted by molar-refractivity contribution is 7.15. The number of furan rings is 1. The molecule has 0 aliphatic rings. The van der Waals surface area contributed by atoms with Gasteiger partial charge in [-0.15, -0.1) is 11.3 Å². The first-order valence-electron chi connectivity index (χ1n) is 5.68. The smallest absolute Gasteiger partial charge is 0.165 e. The molecule has 3 nitrogen and oxygen atoms in total. The summed E-state index contributed by atoms with van der Waals surface area (Å²) >= 11 is 1.63. The van der Waals surface area contributed by atoms with E-state index in [1.54, 1.807) is 17.6 Å². The van der Waals surface area contributed by atoms with Crippen molar-refractivity contribution in [3.05, 3.63) is 28.5 Å². The van der Waals surface area contributed by atoms with E-state index in [0.29, 0.717) is 6.54 Å². The van der Waals surface area contributed by atoms with E-state index in [1.807, 2.05) is 13.0 Å². The first-order chi connectivity index (χ1) is 7.93. The fourth-order valence-corrected chi connectivity index (χ4v) is 2.97. The molecule has 0 aliphatic heterocycles. The van der Waals surface area contributed by atoms with Crippen LogP contribution in [0.15, 0.2) is 16.7 Å². The topological polar surface area (TPSA) is 52.0 Å². The van der Waals surface area contributed by atoms with Crippen LogP contribution >= 0.6 is 11.3 Å². The lowest BCUT2D eigenvalue weighted by molar-refractivity contribution is 0.561. The molecule has 0 aliphatic carbocycles. The van der Waals surface area contributed by atoms with Crippen LogP contribution in [0.2, 0.25) is 0 Å². The lowest BCUT2D eigenvalue weighted by atomic mass is 9.91. The van der Waals surface area contributed by atoms with E-state index < -0.39 is 0 Å². The van der Waals surface area contributed by atoms with Crippen molar-refractivity contribution in [3.63, 3.8) is 0 Å². The van der Waals surface area contributed by atoms with Crippen molar-refractivity contribution in [3.8, 4) is 10.8 Å². The summed E-state index contributed by atoms with van der Waals surface area (Å²) in [7, 11) is 0. The van der Waals surface area contributed by atoms with E-state index in [4.69, 9.17) is 15.1 Å². The Hall–Kier alpha value is -1.13. The predicted octanol–water partition coefficient (Wildman–Crippen LogP) is 3.47. The molecule has 0 saturated heterocycles. The Bertz CT molecular complexity index is 520. The first-order valence-corrected chi connectivity index (χ1v) is 6.50. The first kappa shape index (κ1) is 12.3. The molecule has 2 heterocycles. The highest BCUT2D eigenvalue weighted by atomic mass is 32.1. The number of nitrogens with zero attached hydrogens (tertiary/aromatic N) is 1. The maximum atomic E-state index is 5.79. The number of aromatic nitrogens is 1. The van der Waals surface area contributed by atoms with E-state index in [-0.39, 0.29) is 5.41 Å². The van der Waals surface area contributed by atoms with Crippen LogP contribution in [-0.2, 0) is 12.0 Å². The molecule has 0 bridgehead atoms. The fourth-order valence-electron chi connectivity index (χ4n) is 1.77. The third-order valence-corrected chi connectivity index (χ3v) is 3.73. The minimum atomic E-state index is 0.0178. The van der Waals surface area contributed by atoms with Crippen LogP contribution in [0.4, 0.5) is 0 Å². The van der Waals surface area contributed by atoms with Crippen LogP contribution in [0, 0.1) is 6.92 Å². The highest BCUT2D eigenvalue weighted by Crippen LogP contribution is 2.35. The Morgan fingerprint density at radius 1 is 1.41 bits per heavy atom. The number of hydrogen-bond donors (Lipinski definition) is 1. The molecule has 0 saturated carbocycles. The fraction of sp³-hybridized carbons (Fsp3) is 0.462. The number of rotatable bonds is 2. The van der Waals surface area contributed by atoms with E-state index in [9.17, 15) is 0 Å². The Kier molecular flexibility index (Phi) is 3.10. The van der Waals surface area contributed by atoms with Crippen molar-refractivity contribution < 1.29 is 4.42 Å². The van der Waals surface area contributed by atoms with Gasteiger partial charge in [-0.05, 0) is 18.6 Å². The Morgan fingerprint density at radius 3 is 2.53 bits per heavy atom. The van der Waals surface area contributed by atoms with Crippen LogP contribution in [0.5, 0.6) is 0 Å². The summed E-state index contributed by atoms with van der Waals surface area (Å²) in [6, 6.07) is 1.95. The number of aryl methyl sites for hydroxylation is 1. The maximum absolute atomic E-state index is 5.79. The van der Waals surface area contributed by atoms with Crippen LogP contribution < -0.4 is 5.73 Å². The third-order valence-electron chi connectivity index (χ3n) is 2.65. The van der Waals surface area contributed by atoms with E-state index in [1.165, 1.54) is 0 Å². The summed E-state index contributed by atoms with van der Waals surface area (Å²) in [5.74, 6) is 0.861. The number of thiazole rings is 1. The zero-order valence-corrected chi connectivity index (χ0v) is 11.5. The molecule has 0 radical (unpaired) electrons. The Labute approximate surface area is 106 Å². The van der Waals surface area contributed by atoms with Gasteiger partial charge in [0, 0.05) is 16.8 Å². The quantitative estimate of drug-likeness (QED) is 0.888. The molecule has 0 unspecified atom stereocenters. The summed E-state index contributed by atoms with van der Waals surface area (Å²) < 4.78 is 5.48. The SMILES string of the molecule is Cc1ccoc1-c1nc(C(C)(C)C)c(CN)s1. The third kappa shape index (κ3) is 2.28. The van der Waals surface area contributed by atoms with E-state index in [0.717, 1.165) is 26.9 Å². The zero-order chi connectivity index (χ0) is 12.6. The van der Waals surface area contributed by atoms with Crippen LogP contribution in [0.3, 0.4) is 0 Å². The van der Waals surface area contributed by atoms with Gasteiger partial charge in [-0.1, -0.05) is 20.8 Å². The lowest BCUT2D eigenvalue weighted by Crippen LogP contribution is -2.15. The summed E-state index contributed by atoms with van der Waals surface area (Å²) in [6.07, 6.45) is 1.70. The summed E-state index contributed by atoms with van der Waals surface area (Å²) in [4.78, 5) is 5.84. The van der Waals surface area contributed by atoms with Crippen LogP contribution in [-0.4, -0.2) is 4.98 Å². The molecule has 0 aromatic carbocycles. The van der Waals surface area contributed by atoms with E-state index in [2.05, 4.69) is 20.8 Å². The summed E-state index contributed by atoms with van der Waals surface area (Å²) in [5, 5.41) is 0.929. The zero-order valence-electron chi connectivity index (χ0n) is 10.7. The number of hydrogen-bond acceptors (Lipinski definition) is 4. The summed E-state index contributed by atoms with van der Waals surface area (Å²) in [5.41, 5.74) is 8.00. The van der Waals surface area contributed by atoms with Crippen molar-refractivity contribution in [1.82, 2.24) is 4.98 Å². The molecule has 2 aromatic rings. The van der Waals surface area contributed by atoms with Gasteiger partial charge in [0.15, 0.2) is 10.8 Å². The molecule has 17 heavy (non-hydrogen) atoms. The maximum Gasteiger partial charge on any atom is 0.165 e. The van der Waals surface area contributed by atoms with Gasteiger partial charge in [0.1, 0.15) is 0 Å². The van der Waals surface area contributed by atoms with Crippen LogP contribution in [0.1, 0.15) is 36.9 Å². The number of nitrogens with two attached hydrogens (primary N) is 1. The lowest BCUT2D eigenvalue weighted by Gasteiger charge is -2.16. The van der Waals surface area contributed by atoms with Gasteiger partial charge in [-0.3, -0.25) is 0 Å². The average molecular weight is 250 g/mol. The van der Waals surface area contributed by atoms with Gasteiger partial charge in [0.25, 0.3) is 0 Å². The van der Waals surface area contributed by atoms with Gasteiger partial charge in [-0.25, -0.2) is 4.98 Å². The molecule has 2 N–H and O–H groups in total. The molecule has 0 spiro atoms. The Balaban J connectivity index is 2.52. The molecule has 0 atom stereocenters. The predicted molar refractivity (Wildman–Crippen MR) is 71.1 cm³/mol. The molecular formula is C13H18N2OS. The second-order valence-electron chi connectivity index (χ2n) is 5.18. The van der Waals surface area contributed by atoms with Gasteiger partial charge in [0.2, 0.25) is 0 Å². The monoisotopic (exact) mass is 250 g/mol. The standard InChI is InChI=1S/C13H18N2OS/c1-8-5-6-16-10(8)12-15-11(13(2,3)4)9(7-14)17-12/h5-6H,7,14H2,1-4H3. The molecule has 2 rings (SSSR count). The molecular weight excluding hydrogens is 232 g/mol. The molecule has 0 amide bonds. The van der Waals surface area contributed by atoms with Gasteiger partial charge in [-0.2, -0.15) is 0 Å². The Morgan fingerprint density at radius 2 is 2.12 bits per heavy atom. The highest BCUT2D eigenvalue weighted by Gasteiger charge is 2.24. The van der Waals surface area contributed by atoms with Crippen LogP contribution in [0.25, 0.3) is 10.8 Å². The minimum absolute atomic E-state index is 0.0178. The second-order valence-corrected chi connectivity index (χ2v) is 6.26.